The summed E-state index contributed by atoms with van der Waals surface area (Å²) in [5.41, 5.74) is 2.63. The molecule has 8 nitrogen and oxygen atoms in total. The van der Waals surface area contributed by atoms with Crippen LogP contribution < -0.4 is 10.6 Å². The van der Waals surface area contributed by atoms with Gasteiger partial charge in [-0.1, -0.05) is 39.8 Å². The third kappa shape index (κ3) is 5.91. The van der Waals surface area contributed by atoms with Crippen LogP contribution in [0.2, 0.25) is 0 Å². The standard InChI is InChI=1S/C23H20BrN5O3S/c1-15-4-2-5-17(12-15)26-21(30)14-33-23-28-27-20(13-25-22(31)19-6-3-11-32-19)29(23)18-9-7-16(24)8-10-18/h2-12H,13-14H2,1H3,(H,25,31)(H,26,30). The second-order valence-electron chi connectivity index (χ2n) is 7.08. The van der Waals surface area contributed by atoms with E-state index in [0.29, 0.717) is 11.0 Å². The van der Waals surface area contributed by atoms with Gasteiger partial charge >= 0.3 is 0 Å². The molecule has 2 aromatic carbocycles. The fourth-order valence-corrected chi connectivity index (χ4v) is 4.10. The number of furan rings is 1. The van der Waals surface area contributed by atoms with Crippen molar-refractivity contribution in [3.8, 4) is 5.69 Å². The summed E-state index contributed by atoms with van der Waals surface area (Å²) in [6, 6.07) is 18.5. The van der Waals surface area contributed by atoms with Crippen molar-refractivity contribution in [3.63, 3.8) is 0 Å². The highest BCUT2D eigenvalue weighted by Crippen LogP contribution is 2.24. The molecular formula is C23H20BrN5O3S. The number of hydrogen-bond donors (Lipinski definition) is 2. The molecule has 0 spiro atoms. The van der Waals surface area contributed by atoms with E-state index in [4.69, 9.17) is 4.42 Å². The van der Waals surface area contributed by atoms with E-state index in [-0.39, 0.29) is 29.9 Å². The van der Waals surface area contributed by atoms with Gasteiger partial charge in [0.15, 0.2) is 16.7 Å². The summed E-state index contributed by atoms with van der Waals surface area (Å²) in [4.78, 5) is 24.7. The van der Waals surface area contributed by atoms with Crippen LogP contribution in [0.25, 0.3) is 5.69 Å². The Kier molecular flexibility index (Phi) is 7.26. The number of carbonyl (C=O) groups excluding carboxylic acids is 2. The number of anilines is 1. The van der Waals surface area contributed by atoms with E-state index in [0.717, 1.165) is 21.4 Å². The van der Waals surface area contributed by atoms with Crippen molar-refractivity contribution >= 4 is 45.2 Å². The quantitative estimate of drug-likeness (QED) is 0.326. The number of nitrogens with zero attached hydrogens (tertiary/aromatic N) is 3. The molecule has 2 aromatic heterocycles. The van der Waals surface area contributed by atoms with Crippen molar-refractivity contribution in [1.29, 1.82) is 0 Å². The van der Waals surface area contributed by atoms with Crippen molar-refractivity contribution in [2.45, 2.75) is 18.6 Å². The molecule has 10 heteroatoms. The van der Waals surface area contributed by atoms with E-state index in [9.17, 15) is 9.59 Å². The molecule has 4 aromatic rings. The Labute approximate surface area is 202 Å². The number of thioether (sulfide) groups is 1. The Morgan fingerprint density at radius 2 is 1.91 bits per heavy atom. The normalized spacial score (nSPS) is 10.7. The number of halogens is 1. The summed E-state index contributed by atoms with van der Waals surface area (Å²) in [5, 5.41) is 14.7. The summed E-state index contributed by atoms with van der Waals surface area (Å²) in [5.74, 6) is 0.396. The van der Waals surface area contributed by atoms with Crippen LogP contribution in [0, 0.1) is 6.92 Å². The zero-order valence-corrected chi connectivity index (χ0v) is 20.0. The second kappa shape index (κ2) is 10.5. The summed E-state index contributed by atoms with van der Waals surface area (Å²) in [6.45, 7) is 2.11. The fraction of sp³-hybridized carbons (Fsp3) is 0.130. The smallest absolute Gasteiger partial charge is 0.287 e. The third-order valence-electron chi connectivity index (χ3n) is 4.57. The Morgan fingerprint density at radius 1 is 1.09 bits per heavy atom. The molecule has 0 aliphatic rings. The van der Waals surface area contributed by atoms with E-state index in [1.54, 1.807) is 12.1 Å². The number of carbonyl (C=O) groups is 2. The van der Waals surface area contributed by atoms with E-state index in [1.807, 2.05) is 60.0 Å². The highest BCUT2D eigenvalue weighted by molar-refractivity contribution is 9.10. The highest BCUT2D eigenvalue weighted by atomic mass is 79.9. The lowest BCUT2D eigenvalue weighted by Gasteiger charge is -2.11. The van der Waals surface area contributed by atoms with Crippen molar-refractivity contribution in [2.75, 3.05) is 11.1 Å². The second-order valence-corrected chi connectivity index (χ2v) is 8.94. The van der Waals surface area contributed by atoms with Crippen molar-refractivity contribution in [1.82, 2.24) is 20.1 Å². The Balaban J connectivity index is 1.50. The van der Waals surface area contributed by atoms with Gasteiger partial charge < -0.3 is 15.1 Å². The first kappa shape index (κ1) is 22.8. The van der Waals surface area contributed by atoms with E-state index < -0.39 is 0 Å². The van der Waals surface area contributed by atoms with Gasteiger partial charge in [-0.2, -0.15) is 0 Å². The summed E-state index contributed by atoms with van der Waals surface area (Å²) < 4.78 is 7.88. The third-order valence-corrected chi connectivity index (χ3v) is 6.03. The average molecular weight is 526 g/mol. The Morgan fingerprint density at radius 3 is 2.64 bits per heavy atom. The molecule has 0 radical (unpaired) electrons. The summed E-state index contributed by atoms with van der Waals surface area (Å²) in [6.07, 6.45) is 1.44. The summed E-state index contributed by atoms with van der Waals surface area (Å²) in [7, 11) is 0. The minimum absolute atomic E-state index is 0.138. The van der Waals surface area contributed by atoms with Gasteiger partial charge in [0.05, 0.1) is 18.6 Å². The molecule has 2 heterocycles. The van der Waals surface area contributed by atoms with Crippen LogP contribution in [0.4, 0.5) is 5.69 Å². The van der Waals surface area contributed by atoms with Gasteiger partial charge in [-0.15, -0.1) is 10.2 Å². The van der Waals surface area contributed by atoms with Gasteiger partial charge in [0.25, 0.3) is 5.91 Å². The van der Waals surface area contributed by atoms with Crippen LogP contribution in [0.5, 0.6) is 0 Å². The molecule has 0 atom stereocenters. The Hall–Kier alpha value is -3.37. The average Bonchev–Trinajstić information content (AvgIpc) is 3.47. The monoisotopic (exact) mass is 525 g/mol. The number of rotatable bonds is 8. The maximum absolute atomic E-state index is 12.5. The predicted molar refractivity (Wildman–Crippen MR) is 129 cm³/mol. The topological polar surface area (TPSA) is 102 Å². The molecule has 0 bridgehead atoms. The molecule has 2 N–H and O–H groups in total. The number of benzene rings is 2. The minimum Gasteiger partial charge on any atom is -0.459 e. The lowest BCUT2D eigenvalue weighted by molar-refractivity contribution is -0.113. The molecule has 168 valence electrons. The van der Waals surface area contributed by atoms with Crippen LogP contribution in [0.3, 0.4) is 0 Å². The minimum atomic E-state index is -0.350. The predicted octanol–water partition coefficient (Wildman–Crippen LogP) is 4.59. The Bertz CT molecular complexity index is 1260. The molecule has 33 heavy (non-hydrogen) atoms. The molecule has 0 aliphatic carbocycles. The van der Waals surface area contributed by atoms with E-state index in [1.165, 1.54) is 18.0 Å². The molecule has 0 fully saturated rings. The first-order valence-corrected chi connectivity index (χ1v) is 11.8. The molecule has 4 rings (SSSR count). The maximum Gasteiger partial charge on any atom is 0.287 e. The zero-order chi connectivity index (χ0) is 23.2. The van der Waals surface area contributed by atoms with E-state index in [2.05, 4.69) is 36.8 Å². The van der Waals surface area contributed by atoms with Gasteiger partial charge in [-0.3, -0.25) is 14.2 Å². The SMILES string of the molecule is Cc1cccc(NC(=O)CSc2nnc(CNC(=O)c3ccco3)n2-c2ccc(Br)cc2)c1. The van der Waals surface area contributed by atoms with Gasteiger partial charge in [-0.05, 0) is 61.0 Å². The molecular weight excluding hydrogens is 506 g/mol. The van der Waals surface area contributed by atoms with E-state index >= 15 is 0 Å². The van der Waals surface area contributed by atoms with Gasteiger partial charge in [0.1, 0.15) is 0 Å². The largest absolute Gasteiger partial charge is 0.459 e. The number of hydrogen-bond acceptors (Lipinski definition) is 6. The van der Waals surface area contributed by atoms with Gasteiger partial charge in [-0.25, -0.2) is 0 Å². The number of aromatic nitrogens is 3. The molecule has 0 saturated heterocycles. The number of amides is 2. The van der Waals surface area contributed by atoms with Gasteiger partial charge in [0.2, 0.25) is 5.91 Å². The van der Waals surface area contributed by atoms with Crippen molar-refractivity contribution < 1.29 is 14.0 Å². The lowest BCUT2D eigenvalue weighted by atomic mass is 10.2. The van der Waals surface area contributed by atoms with Crippen LogP contribution in [0.1, 0.15) is 21.9 Å². The molecule has 2 amide bonds. The maximum atomic E-state index is 12.5. The molecule has 0 saturated carbocycles. The van der Waals surface area contributed by atoms with Crippen LogP contribution >= 0.6 is 27.7 Å². The highest BCUT2D eigenvalue weighted by Gasteiger charge is 2.18. The van der Waals surface area contributed by atoms with Crippen LogP contribution in [-0.4, -0.2) is 32.3 Å². The zero-order valence-electron chi connectivity index (χ0n) is 17.6. The molecule has 0 aliphatic heterocycles. The summed E-state index contributed by atoms with van der Waals surface area (Å²) >= 11 is 4.70. The van der Waals surface area contributed by atoms with Gasteiger partial charge in [0, 0.05) is 15.8 Å². The number of aryl methyl sites for hydroxylation is 1. The molecule has 0 unspecified atom stereocenters. The van der Waals surface area contributed by atoms with Crippen LogP contribution in [0.15, 0.2) is 81.0 Å². The van der Waals surface area contributed by atoms with Crippen molar-refractivity contribution in [2.24, 2.45) is 0 Å². The first-order chi connectivity index (χ1) is 16.0. The van der Waals surface area contributed by atoms with Crippen molar-refractivity contribution in [3.05, 3.63) is 88.5 Å². The van der Waals surface area contributed by atoms with Crippen LogP contribution in [-0.2, 0) is 11.3 Å². The fourth-order valence-electron chi connectivity index (χ4n) is 3.06. The number of nitrogens with one attached hydrogen (secondary N) is 2. The lowest BCUT2D eigenvalue weighted by Crippen LogP contribution is -2.24. The first-order valence-electron chi connectivity index (χ1n) is 10.0.